The van der Waals surface area contributed by atoms with E-state index in [1.54, 1.807) is 7.11 Å². The summed E-state index contributed by atoms with van der Waals surface area (Å²) in [6, 6.07) is 10.8. The Labute approximate surface area is 164 Å². The summed E-state index contributed by atoms with van der Waals surface area (Å²) in [5.74, 6) is 1.26. The molecule has 2 aliphatic heterocycles. The third-order valence-corrected chi connectivity index (χ3v) is 6.03. The fraction of sp³-hybridized carbons (Fsp3) is 0.682. The maximum absolute atomic E-state index is 12.5. The average Bonchev–Trinajstić information content (AvgIpc) is 2.72. The number of likely N-dealkylation sites (tertiary alicyclic amines) is 2. The average molecular weight is 374 g/mol. The van der Waals surface area contributed by atoms with Gasteiger partial charge in [0.15, 0.2) is 0 Å². The Bertz CT molecular complexity index is 558. The third kappa shape index (κ3) is 6.51. The zero-order valence-corrected chi connectivity index (χ0v) is 16.7. The van der Waals surface area contributed by atoms with E-state index in [1.807, 2.05) is 4.90 Å². The van der Waals surface area contributed by atoms with E-state index in [0.29, 0.717) is 11.8 Å². The number of rotatable bonds is 7. The van der Waals surface area contributed by atoms with Crippen molar-refractivity contribution in [1.29, 1.82) is 0 Å². The highest BCUT2D eigenvalue weighted by molar-refractivity contribution is 5.74. The topological polar surface area (TPSA) is 44.8 Å². The van der Waals surface area contributed by atoms with Crippen LogP contribution in [0.5, 0.6) is 0 Å². The normalized spacial score (nSPS) is 22.0. The van der Waals surface area contributed by atoms with Crippen LogP contribution in [-0.2, 0) is 11.2 Å². The standard InChI is InChI=1S/C22H35N3O2/c1-27-15-14-24-11-5-8-21(18-24)17-23-22(26)25-12-9-20(10-13-25)16-19-6-3-2-4-7-19/h2-4,6-7,20-21H,5,8-18H2,1H3,(H,23,26). The molecule has 0 aliphatic carbocycles. The van der Waals surface area contributed by atoms with Crippen LogP contribution in [0.4, 0.5) is 4.79 Å². The molecule has 5 heteroatoms. The van der Waals surface area contributed by atoms with Crippen molar-refractivity contribution in [3.05, 3.63) is 35.9 Å². The number of hydrogen-bond acceptors (Lipinski definition) is 3. The Morgan fingerprint density at radius 1 is 1.11 bits per heavy atom. The number of amides is 2. The summed E-state index contributed by atoms with van der Waals surface area (Å²) in [5, 5.41) is 3.19. The number of carbonyl (C=O) groups is 1. The van der Waals surface area contributed by atoms with Gasteiger partial charge in [0, 0.05) is 39.8 Å². The predicted molar refractivity (Wildman–Crippen MR) is 109 cm³/mol. The van der Waals surface area contributed by atoms with Crippen molar-refractivity contribution in [2.75, 3.05) is 53.0 Å². The Kier molecular flexibility index (Phi) is 7.96. The quantitative estimate of drug-likeness (QED) is 0.799. The molecule has 5 nitrogen and oxygen atoms in total. The molecule has 0 bridgehead atoms. The fourth-order valence-electron chi connectivity index (χ4n) is 4.37. The van der Waals surface area contributed by atoms with E-state index in [1.165, 1.54) is 18.4 Å². The second kappa shape index (κ2) is 10.7. The first-order valence-electron chi connectivity index (χ1n) is 10.5. The number of urea groups is 1. The van der Waals surface area contributed by atoms with Crippen molar-refractivity contribution in [1.82, 2.24) is 15.1 Å². The molecule has 0 radical (unpaired) electrons. The molecule has 3 rings (SSSR count). The molecule has 1 aromatic rings. The number of methoxy groups -OCH3 is 1. The highest BCUT2D eigenvalue weighted by Crippen LogP contribution is 2.22. The van der Waals surface area contributed by atoms with Gasteiger partial charge in [0.05, 0.1) is 6.61 Å². The van der Waals surface area contributed by atoms with E-state index in [4.69, 9.17) is 4.74 Å². The van der Waals surface area contributed by atoms with Gasteiger partial charge in [-0.15, -0.1) is 0 Å². The highest BCUT2D eigenvalue weighted by Gasteiger charge is 2.24. The van der Waals surface area contributed by atoms with Crippen molar-refractivity contribution >= 4 is 6.03 Å². The van der Waals surface area contributed by atoms with Crippen LogP contribution in [0.2, 0.25) is 0 Å². The molecule has 1 N–H and O–H groups in total. The van der Waals surface area contributed by atoms with Crippen LogP contribution in [-0.4, -0.2) is 68.8 Å². The molecule has 27 heavy (non-hydrogen) atoms. The van der Waals surface area contributed by atoms with Gasteiger partial charge in [-0.2, -0.15) is 0 Å². The zero-order chi connectivity index (χ0) is 18.9. The van der Waals surface area contributed by atoms with Gasteiger partial charge in [-0.05, 0) is 56.0 Å². The van der Waals surface area contributed by atoms with Crippen LogP contribution >= 0.6 is 0 Å². The molecule has 1 atom stereocenters. The largest absolute Gasteiger partial charge is 0.383 e. The molecular formula is C22H35N3O2. The molecule has 0 saturated carbocycles. The molecule has 2 saturated heterocycles. The second-order valence-corrected chi connectivity index (χ2v) is 8.11. The van der Waals surface area contributed by atoms with Gasteiger partial charge in [-0.1, -0.05) is 30.3 Å². The summed E-state index contributed by atoms with van der Waals surface area (Å²) in [7, 11) is 1.75. The van der Waals surface area contributed by atoms with Crippen molar-refractivity contribution in [2.24, 2.45) is 11.8 Å². The van der Waals surface area contributed by atoms with E-state index in [0.717, 1.165) is 65.1 Å². The minimum atomic E-state index is 0.127. The number of hydrogen-bond donors (Lipinski definition) is 1. The lowest BCUT2D eigenvalue weighted by atomic mass is 9.90. The van der Waals surface area contributed by atoms with Gasteiger partial charge in [0.25, 0.3) is 0 Å². The molecule has 0 aromatic heterocycles. The van der Waals surface area contributed by atoms with E-state index < -0.39 is 0 Å². The molecule has 2 heterocycles. The third-order valence-electron chi connectivity index (χ3n) is 6.03. The zero-order valence-electron chi connectivity index (χ0n) is 16.7. The lowest BCUT2D eigenvalue weighted by Gasteiger charge is -2.34. The number of benzene rings is 1. The van der Waals surface area contributed by atoms with E-state index in [2.05, 4.69) is 40.5 Å². The number of nitrogens with one attached hydrogen (secondary N) is 1. The summed E-state index contributed by atoms with van der Waals surface area (Å²) in [5.41, 5.74) is 1.41. The van der Waals surface area contributed by atoms with Gasteiger partial charge < -0.3 is 19.9 Å². The summed E-state index contributed by atoms with van der Waals surface area (Å²) in [6.07, 6.45) is 5.78. The summed E-state index contributed by atoms with van der Waals surface area (Å²) in [6.45, 7) is 6.58. The summed E-state index contributed by atoms with van der Waals surface area (Å²) < 4.78 is 5.19. The first-order chi connectivity index (χ1) is 13.2. The van der Waals surface area contributed by atoms with Crippen LogP contribution < -0.4 is 5.32 Å². The molecule has 1 unspecified atom stereocenters. The Morgan fingerprint density at radius 3 is 2.63 bits per heavy atom. The first-order valence-corrected chi connectivity index (χ1v) is 10.5. The van der Waals surface area contributed by atoms with Gasteiger partial charge in [0.2, 0.25) is 0 Å². The highest BCUT2D eigenvalue weighted by atomic mass is 16.5. The minimum Gasteiger partial charge on any atom is -0.383 e. The molecule has 2 aliphatic rings. The fourth-order valence-corrected chi connectivity index (χ4v) is 4.37. The van der Waals surface area contributed by atoms with E-state index >= 15 is 0 Å². The maximum atomic E-state index is 12.5. The molecular weight excluding hydrogens is 338 g/mol. The Hall–Kier alpha value is -1.59. The summed E-state index contributed by atoms with van der Waals surface area (Å²) in [4.78, 5) is 17.0. The van der Waals surface area contributed by atoms with Crippen molar-refractivity contribution in [3.63, 3.8) is 0 Å². The van der Waals surface area contributed by atoms with Crippen LogP contribution in [0.1, 0.15) is 31.2 Å². The van der Waals surface area contributed by atoms with E-state index in [9.17, 15) is 4.79 Å². The van der Waals surface area contributed by atoms with Crippen molar-refractivity contribution in [2.45, 2.75) is 32.1 Å². The van der Waals surface area contributed by atoms with Crippen LogP contribution in [0.25, 0.3) is 0 Å². The van der Waals surface area contributed by atoms with E-state index in [-0.39, 0.29) is 6.03 Å². The summed E-state index contributed by atoms with van der Waals surface area (Å²) >= 11 is 0. The first kappa shape index (κ1) is 20.2. The van der Waals surface area contributed by atoms with Crippen LogP contribution in [0.15, 0.2) is 30.3 Å². The smallest absolute Gasteiger partial charge is 0.317 e. The van der Waals surface area contributed by atoms with Crippen LogP contribution in [0, 0.1) is 11.8 Å². The lowest BCUT2D eigenvalue weighted by Crippen LogP contribution is -2.48. The molecule has 150 valence electrons. The predicted octanol–water partition coefficient (Wildman–Crippen LogP) is 3.01. The second-order valence-electron chi connectivity index (χ2n) is 8.11. The van der Waals surface area contributed by atoms with Crippen molar-refractivity contribution in [3.8, 4) is 0 Å². The van der Waals surface area contributed by atoms with Crippen LogP contribution in [0.3, 0.4) is 0 Å². The molecule has 1 aromatic carbocycles. The number of ether oxygens (including phenoxy) is 1. The Morgan fingerprint density at radius 2 is 1.89 bits per heavy atom. The maximum Gasteiger partial charge on any atom is 0.317 e. The lowest BCUT2D eigenvalue weighted by molar-refractivity contribution is 0.113. The minimum absolute atomic E-state index is 0.127. The van der Waals surface area contributed by atoms with Crippen molar-refractivity contribution < 1.29 is 9.53 Å². The monoisotopic (exact) mass is 373 g/mol. The van der Waals surface area contributed by atoms with Gasteiger partial charge >= 0.3 is 6.03 Å². The van der Waals surface area contributed by atoms with Gasteiger partial charge in [-0.3, -0.25) is 0 Å². The molecule has 2 fully saturated rings. The SMILES string of the molecule is COCCN1CCCC(CNC(=O)N2CCC(Cc3ccccc3)CC2)C1. The number of carbonyl (C=O) groups excluding carboxylic acids is 1. The molecule has 2 amide bonds. The number of nitrogens with zero attached hydrogens (tertiary/aromatic N) is 2. The Balaban J connectivity index is 1.34. The van der Waals surface area contributed by atoms with Gasteiger partial charge in [-0.25, -0.2) is 4.79 Å². The van der Waals surface area contributed by atoms with Gasteiger partial charge in [0.1, 0.15) is 0 Å². The molecule has 0 spiro atoms. The number of piperidine rings is 2.